The summed E-state index contributed by atoms with van der Waals surface area (Å²) in [5.74, 6) is 0.0765. The molecule has 0 aliphatic carbocycles. The summed E-state index contributed by atoms with van der Waals surface area (Å²) in [4.78, 5) is 11.9. The summed E-state index contributed by atoms with van der Waals surface area (Å²) in [5, 5.41) is 3.74. The Labute approximate surface area is 128 Å². The molecule has 3 heteroatoms. The largest absolute Gasteiger partial charge is 0.326 e. The summed E-state index contributed by atoms with van der Waals surface area (Å²) in [6.07, 6.45) is 2.36. The number of aryl methyl sites for hydroxylation is 1. The number of carbonyl (C=O) groups excluding carboxylic acids is 1. The smallest absolute Gasteiger partial charge is 0.224 e. The predicted octanol–water partition coefficient (Wildman–Crippen LogP) is 4.54. The van der Waals surface area contributed by atoms with Gasteiger partial charge in [-0.05, 0) is 36.1 Å². The van der Waals surface area contributed by atoms with Crippen molar-refractivity contribution in [2.45, 2.75) is 24.6 Å². The molecule has 2 aromatic rings. The van der Waals surface area contributed by atoms with Crippen LogP contribution in [0.3, 0.4) is 0 Å². The van der Waals surface area contributed by atoms with Crippen molar-refractivity contribution in [2.75, 3.05) is 5.32 Å². The van der Waals surface area contributed by atoms with E-state index in [1.165, 1.54) is 5.56 Å². The number of anilines is 1. The van der Waals surface area contributed by atoms with E-state index in [1.54, 1.807) is 0 Å². The fourth-order valence-corrected chi connectivity index (χ4v) is 2.40. The molecular formula is C17H18BrNO. The van der Waals surface area contributed by atoms with E-state index in [1.807, 2.05) is 42.5 Å². The monoisotopic (exact) mass is 331 g/mol. The van der Waals surface area contributed by atoms with Crippen molar-refractivity contribution in [3.8, 4) is 0 Å². The van der Waals surface area contributed by atoms with Gasteiger partial charge in [-0.15, -0.1) is 0 Å². The normalized spacial score (nSPS) is 10.2. The highest BCUT2D eigenvalue weighted by atomic mass is 79.9. The lowest BCUT2D eigenvalue weighted by Crippen LogP contribution is -2.11. The van der Waals surface area contributed by atoms with Gasteiger partial charge in [-0.1, -0.05) is 58.4 Å². The van der Waals surface area contributed by atoms with Crippen molar-refractivity contribution in [1.29, 1.82) is 0 Å². The van der Waals surface area contributed by atoms with Gasteiger partial charge in [0.1, 0.15) is 0 Å². The molecule has 0 aliphatic heterocycles. The number of hydrogen-bond donors (Lipinski definition) is 1. The van der Waals surface area contributed by atoms with Crippen LogP contribution in [0.2, 0.25) is 0 Å². The molecule has 0 unspecified atom stereocenters. The number of hydrogen-bond acceptors (Lipinski definition) is 1. The lowest BCUT2D eigenvalue weighted by Gasteiger charge is -2.06. The first-order chi connectivity index (χ1) is 9.78. The second kappa shape index (κ2) is 7.85. The lowest BCUT2D eigenvalue weighted by atomic mass is 10.1. The number of nitrogens with one attached hydrogen (secondary N) is 1. The molecule has 1 amide bonds. The van der Waals surface area contributed by atoms with Gasteiger partial charge in [0.25, 0.3) is 0 Å². The Kier molecular flexibility index (Phi) is 5.81. The standard InChI is InChI=1S/C17H18BrNO/c18-13-15-9-4-10-16(12-15)19-17(20)11-5-8-14-6-2-1-3-7-14/h1-4,6-7,9-10,12H,5,8,11,13H2,(H,19,20). The molecule has 0 saturated heterocycles. The van der Waals surface area contributed by atoms with Gasteiger partial charge in [-0.3, -0.25) is 4.79 Å². The number of alkyl halides is 1. The molecule has 0 fully saturated rings. The highest BCUT2D eigenvalue weighted by Crippen LogP contribution is 2.14. The van der Waals surface area contributed by atoms with Crippen molar-refractivity contribution < 1.29 is 4.79 Å². The Morgan fingerprint density at radius 1 is 1.00 bits per heavy atom. The molecule has 0 heterocycles. The average molecular weight is 332 g/mol. The fourth-order valence-electron chi connectivity index (χ4n) is 2.05. The molecule has 0 spiro atoms. The van der Waals surface area contributed by atoms with Crippen LogP contribution in [0.4, 0.5) is 5.69 Å². The Bertz CT molecular complexity index is 554. The van der Waals surface area contributed by atoms with E-state index in [-0.39, 0.29) is 5.91 Å². The molecule has 2 rings (SSSR count). The maximum absolute atomic E-state index is 11.9. The quantitative estimate of drug-likeness (QED) is 0.773. The zero-order chi connectivity index (χ0) is 14.2. The molecule has 0 aromatic heterocycles. The molecule has 0 bridgehead atoms. The van der Waals surface area contributed by atoms with Gasteiger partial charge >= 0.3 is 0 Å². The van der Waals surface area contributed by atoms with Gasteiger partial charge in [0.05, 0.1) is 0 Å². The van der Waals surface area contributed by atoms with Crippen LogP contribution in [-0.2, 0) is 16.5 Å². The number of benzene rings is 2. The summed E-state index contributed by atoms with van der Waals surface area (Å²) in [5.41, 5.74) is 3.31. The van der Waals surface area contributed by atoms with E-state index < -0.39 is 0 Å². The van der Waals surface area contributed by atoms with Crippen molar-refractivity contribution in [3.63, 3.8) is 0 Å². The highest BCUT2D eigenvalue weighted by Gasteiger charge is 2.03. The second-order valence-corrected chi connectivity index (χ2v) is 5.28. The van der Waals surface area contributed by atoms with Gasteiger partial charge in [-0.25, -0.2) is 0 Å². The first-order valence-electron chi connectivity index (χ1n) is 6.76. The van der Waals surface area contributed by atoms with Crippen LogP contribution in [0.25, 0.3) is 0 Å². The van der Waals surface area contributed by atoms with E-state index in [9.17, 15) is 4.79 Å². The number of rotatable bonds is 6. The zero-order valence-electron chi connectivity index (χ0n) is 11.3. The summed E-state index contributed by atoms with van der Waals surface area (Å²) in [6, 6.07) is 18.1. The van der Waals surface area contributed by atoms with Gasteiger partial charge in [-0.2, -0.15) is 0 Å². The molecule has 20 heavy (non-hydrogen) atoms. The van der Waals surface area contributed by atoms with Crippen molar-refractivity contribution in [3.05, 3.63) is 65.7 Å². The van der Waals surface area contributed by atoms with Crippen LogP contribution in [0.1, 0.15) is 24.0 Å². The third-order valence-corrected chi connectivity index (χ3v) is 3.72. The van der Waals surface area contributed by atoms with Gasteiger partial charge < -0.3 is 5.32 Å². The van der Waals surface area contributed by atoms with Crippen LogP contribution >= 0.6 is 15.9 Å². The fraction of sp³-hybridized carbons (Fsp3) is 0.235. The van der Waals surface area contributed by atoms with Gasteiger partial charge in [0, 0.05) is 17.4 Å². The van der Waals surface area contributed by atoms with Crippen LogP contribution < -0.4 is 5.32 Å². The minimum atomic E-state index is 0.0765. The molecule has 0 saturated carbocycles. The number of halogens is 1. The van der Waals surface area contributed by atoms with Crippen LogP contribution in [0.15, 0.2) is 54.6 Å². The molecular weight excluding hydrogens is 314 g/mol. The van der Waals surface area contributed by atoms with E-state index in [4.69, 9.17) is 0 Å². The van der Waals surface area contributed by atoms with E-state index in [2.05, 4.69) is 33.4 Å². The Morgan fingerprint density at radius 2 is 1.75 bits per heavy atom. The van der Waals surface area contributed by atoms with Crippen LogP contribution in [0.5, 0.6) is 0 Å². The lowest BCUT2D eigenvalue weighted by molar-refractivity contribution is -0.116. The molecule has 0 radical (unpaired) electrons. The Balaban J connectivity index is 1.77. The Morgan fingerprint density at radius 3 is 2.50 bits per heavy atom. The maximum atomic E-state index is 11.9. The second-order valence-electron chi connectivity index (χ2n) is 4.72. The highest BCUT2D eigenvalue weighted by molar-refractivity contribution is 9.08. The van der Waals surface area contributed by atoms with Crippen LogP contribution in [0, 0.1) is 0 Å². The average Bonchev–Trinajstić information content (AvgIpc) is 2.48. The topological polar surface area (TPSA) is 29.1 Å². The Hall–Kier alpha value is -1.61. The van der Waals surface area contributed by atoms with Crippen LogP contribution in [-0.4, -0.2) is 5.91 Å². The molecule has 104 valence electrons. The molecule has 0 atom stereocenters. The predicted molar refractivity (Wildman–Crippen MR) is 87.1 cm³/mol. The molecule has 2 nitrogen and oxygen atoms in total. The third-order valence-electron chi connectivity index (χ3n) is 3.08. The molecule has 1 N–H and O–H groups in total. The van der Waals surface area contributed by atoms with E-state index in [0.717, 1.165) is 29.4 Å². The maximum Gasteiger partial charge on any atom is 0.224 e. The van der Waals surface area contributed by atoms with Gasteiger partial charge in [0.15, 0.2) is 0 Å². The van der Waals surface area contributed by atoms with Crippen molar-refractivity contribution >= 4 is 27.5 Å². The van der Waals surface area contributed by atoms with E-state index >= 15 is 0 Å². The van der Waals surface area contributed by atoms with E-state index in [0.29, 0.717) is 6.42 Å². The summed E-state index contributed by atoms with van der Waals surface area (Å²) in [7, 11) is 0. The summed E-state index contributed by atoms with van der Waals surface area (Å²) >= 11 is 3.41. The minimum Gasteiger partial charge on any atom is -0.326 e. The van der Waals surface area contributed by atoms with Gasteiger partial charge in [0.2, 0.25) is 5.91 Å². The summed E-state index contributed by atoms with van der Waals surface area (Å²) in [6.45, 7) is 0. The van der Waals surface area contributed by atoms with Crippen molar-refractivity contribution in [1.82, 2.24) is 0 Å². The summed E-state index contributed by atoms with van der Waals surface area (Å²) < 4.78 is 0. The third kappa shape index (κ3) is 4.82. The molecule has 2 aromatic carbocycles. The number of amides is 1. The first kappa shape index (κ1) is 14.8. The van der Waals surface area contributed by atoms with Crippen molar-refractivity contribution in [2.24, 2.45) is 0 Å². The zero-order valence-corrected chi connectivity index (χ0v) is 12.9. The number of carbonyl (C=O) groups is 1. The minimum absolute atomic E-state index is 0.0765. The molecule has 0 aliphatic rings. The first-order valence-corrected chi connectivity index (χ1v) is 7.89. The SMILES string of the molecule is O=C(CCCc1ccccc1)Nc1cccc(CBr)c1.